The molecule has 6 heteroatoms. The first-order valence-electron chi connectivity index (χ1n) is 6.79. The van der Waals surface area contributed by atoms with Crippen molar-refractivity contribution >= 4 is 21.4 Å². The summed E-state index contributed by atoms with van der Waals surface area (Å²) in [6.45, 7) is 1.54. The van der Waals surface area contributed by atoms with Gasteiger partial charge in [0.1, 0.15) is 5.75 Å². The largest absolute Gasteiger partial charge is 0.399 e. The van der Waals surface area contributed by atoms with Crippen LogP contribution in [0, 0.1) is 0 Å². The summed E-state index contributed by atoms with van der Waals surface area (Å²) in [6, 6.07) is 5.55. The van der Waals surface area contributed by atoms with Crippen LogP contribution in [0.15, 0.2) is 18.2 Å². The molecule has 5 nitrogen and oxygen atoms in total. The van der Waals surface area contributed by atoms with Crippen LogP contribution in [0.25, 0.3) is 0 Å². The van der Waals surface area contributed by atoms with Gasteiger partial charge in [0.05, 0.1) is 6.04 Å². The van der Waals surface area contributed by atoms with Crippen LogP contribution in [0.4, 0.5) is 5.69 Å². The number of rotatable bonds is 4. The maximum absolute atomic E-state index is 11.8. The van der Waals surface area contributed by atoms with Crippen LogP contribution in [-0.4, -0.2) is 25.8 Å². The SMILES string of the molecule is CCS(=O)(=O)CC(=O)NC1CCCc2cc(N)ccc21. The van der Waals surface area contributed by atoms with Gasteiger partial charge in [-0.3, -0.25) is 4.79 Å². The van der Waals surface area contributed by atoms with Gasteiger partial charge in [-0.15, -0.1) is 0 Å². The summed E-state index contributed by atoms with van der Waals surface area (Å²) in [6.07, 6.45) is 2.73. The monoisotopic (exact) mass is 296 g/mol. The fourth-order valence-electron chi connectivity index (χ4n) is 2.52. The third-order valence-corrected chi connectivity index (χ3v) is 5.19. The Kier molecular flexibility index (Phi) is 4.32. The summed E-state index contributed by atoms with van der Waals surface area (Å²) in [5, 5.41) is 2.83. The van der Waals surface area contributed by atoms with Crippen LogP contribution in [-0.2, 0) is 21.1 Å². The molecule has 2 rings (SSSR count). The van der Waals surface area contributed by atoms with Crippen molar-refractivity contribution in [3.05, 3.63) is 29.3 Å². The number of amides is 1. The molecule has 1 aliphatic carbocycles. The topological polar surface area (TPSA) is 89.3 Å². The molecule has 110 valence electrons. The maximum Gasteiger partial charge on any atom is 0.235 e. The average molecular weight is 296 g/mol. The number of nitrogens with one attached hydrogen (secondary N) is 1. The zero-order valence-corrected chi connectivity index (χ0v) is 12.4. The predicted octanol–water partition coefficient (Wildman–Crippen LogP) is 1.20. The molecule has 0 spiro atoms. The number of hydrogen-bond acceptors (Lipinski definition) is 4. The average Bonchev–Trinajstić information content (AvgIpc) is 2.38. The molecule has 0 bridgehead atoms. The molecule has 1 aliphatic rings. The summed E-state index contributed by atoms with van der Waals surface area (Å²) < 4.78 is 22.9. The smallest absolute Gasteiger partial charge is 0.235 e. The van der Waals surface area contributed by atoms with Crippen LogP contribution in [0.2, 0.25) is 0 Å². The Hall–Kier alpha value is -1.56. The minimum atomic E-state index is -3.29. The molecule has 0 aliphatic heterocycles. The highest BCUT2D eigenvalue weighted by atomic mass is 32.2. The number of carbonyl (C=O) groups excluding carboxylic acids is 1. The van der Waals surface area contributed by atoms with E-state index in [0.717, 1.165) is 30.4 Å². The molecule has 0 aromatic heterocycles. The van der Waals surface area contributed by atoms with Crippen molar-refractivity contribution in [2.45, 2.75) is 32.2 Å². The van der Waals surface area contributed by atoms with Gasteiger partial charge in [-0.05, 0) is 42.5 Å². The van der Waals surface area contributed by atoms with Crippen molar-refractivity contribution in [2.24, 2.45) is 0 Å². The lowest BCUT2D eigenvalue weighted by Gasteiger charge is -2.26. The second-order valence-corrected chi connectivity index (χ2v) is 7.50. The van der Waals surface area contributed by atoms with E-state index in [1.165, 1.54) is 0 Å². The number of aryl methyl sites for hydroxylation is 1. The quantitative estimate of drug-likeness (QED) is 0.817. The molecule has 20 heavy (non-hydrogen) atoms. The Morgan fingerprint density at radius 2 is 2.20 bits per heavy atom. The van der Waals surface area contributed by atoms with E-state index in [9.17, 15) is 13.2 Å². The predicted molar refractivity (Wildman–Crippen MR) is 79.0 cm³/mol. The number of fused-ring (bicyclic) bond motifs is 1. The van der Waals surface area contributed by atoms with Gasteiger partial charge in [-0.25, -0.2) is 8.42 Å². The second-order valence-electron chi connectivity index (χ2n) is 5.15. The molecule has 0 heterocycles. The molecule has 0 radical (unpaired) electrons. The van der Waals surface area contributed by atoms with Crippen LogP contribution < -0.4 is 11.1 Å². The maximum atomic E-state index is 11.8. The Bertz CT molecular complexity index is 611. The molecule has 1 atom stereocenters. The Morgan fingerprint density at radius 3 is 2.90 bits per heavy atom. The van der Waals surface area contributed by atoms with Crippen molar-refractivity contribution in [3.63, 3.8) is 0 Å². The molecule has 0 saturated heterocycles. The molecule has 0 saturated carbocycles. The molecular formula is C14H20N2O3S. The first-order chi connectivity index (χ1) is 9.41. The van der Waals surface area contributed by atoms with E-state index in [-0.39, 0.29) is 11.8 Å². The van der Waals surface area contributed by atoms with Gasteiger partial charge >= 0.3 is 0 Å². The Balaban J connectivity index is 2.11. The number of carbonyl (C=O) groups is 1. The molecule has 1 unspecified atom stereocenters. The van der Waals surface area contributed by atoms with Crippen LogP contribution in [0.1, 0.15) is 36.9 Å². The Labute approximate surface area is 119 Å². The van der Waals surface area contributed by atoms with Crippen molar-refractivity contribution in [3.8, 4) is 0 Å². The molecule has 1 aromatic carbocycles. The van der Waals surface area contributed by atoms with Crippen molar-refractivity contribution in [1.29, 1.82) is 0 Å². The Morgan fingerprint density at radius 1 is 1.45 bits per heavy atom. The first kappa shape index (κ1) is 14.8. The van der Waals surface area contributed by atoms with Gasteiger partial charge < -0.3 is 11.1 Å². The summed E-state index contributed by atoms with van der Waals surface area (Å²) in [7, 11) is -3.29. The van der Waals surface area contributed by atoms with E-state index in [2.05, 4.69) is 5.32 Å². The molecule has 0 fully saturated rings. The summed E-state index contributed by atoms with van der Waals surface area (Å²) >= 11 is 0. The van der Waals surface area contributed by atoms with Crippen molar-refractivity contribution < 1.29 is 13.2 Å². The van der Waals surface area contributed by atoms with E-state index < -0.39 is 21.5 Å². The molecule has 3 N–H and O–H groups in total. The van der Waals surface area contributed by atoms with E-state index in [1.807, 2.05) is 18.2 Å². The lowest BCUT2D eigenvalue weighted by Crippen LogP contribution is -2.35. The zero-order chi connectivity index (χ0) is 14.8. The number of sulfone groups is 1. The van der Waals surface area contributed by atoms with E-state index >= 15 is 0 Å². The standard InChI is InChI=1S/C14H20N2O3S/c1-2-20(18,19)9-14(17)16-13-5-3-4-10-8-11(15)6-7-12(10)13/h6-8,13H,2-5,9,15H2,1H3,(H,16,17). The fourth-order valence-corrected chi connectivity index (χ4v) is 3.21. The first-order valence-corrected chi connectivity index (χ1v) is 8.61. The fraction of sp³-hybridized carbons (Fsp3) is 0.500. The lowest BCUT2D eigenvalue weighted by atomic mass is 9.87. The van der Waals surface area contributed by atoms with Crippen molar-refractivity contribution in [1.82, 2.24) is 5.32 Å². The summed E-state index contributed by atoms with van der Waals surface area (Å²) in [5.74, 6) is -0.885. The van der Waals surface area contributed by atoms with Gasteiger partial charge in [-0.1, -0.05) is 13.0 Å². The number of nitrogen functional groups attached to an aromatic ring is 1. The second kappa shape index (κ2) is 5.83. The molecule has 1 aromatic rings. The number of anilines is 1. The summed E-state index contributed by atoms with van der Waals surface area (Å²) in [5.41, 5.74) is 8.66. The van der Waals surface area contributed by atoms with Gasteiger partial charge in [-0.2, -0.15) is 0 Å². The van der Waals surface area contributed by atoms with Crippen LogP contribution in [0.3, 0.4) is 0 Å². The van der Waals surface area contributed by atoms with Crippen LogP contribution in [0.5, 0.6) is 0 Å². The van der Waals surface area contributed by atoms with E-state index in [0.29, 0.717) is 5.69 Å². The molecular weight excluding hydrogens is 276 g/mol. The van der Waals surface area contributed by atoms with Gasteiger partial charge in [0.2, 0.25) is 5.91 Å². The summed E-state index contributed by atoms with van der Waals surface area (Å²) in [4.78, 5) is 11.8. The minimum absolute atomic E-state index is 0.0157. The highest BCUT2D eigenvalue weighted by Crippen LogP contribution is 2.30. The van der Waals surface area contributed by atoms with Gasteiger partial charge in [0.25, 0.3) is 0 Å². The van der Waals surface area contributed by atoms with Gasteiger partial charge in [0.15, 0.2) is 9.84 Å². The van der Waals surface area contributed by atoms with Crippen LogP contribution >= 0.6 is 0 Å². The number of hydrogen-bond donors (Lipinski definition) is 2. The van der Waals surface area contributed by atoms with E-state index in [1.54, 1.807) is 6.92 Å². The third kappa shape index (κ3) is 3.50. The number of benzene rings is 1. The minimum Gasteiger partial charge on any atom is -0.399 e. The third-order valence-electron chi connectivity index (χ3n) is 3.61. The lowest BCUT2D eigenvalue weighted by molar-refractivity contribution is -0.119. The number of nitrogens with two attached hydrogens (primary N) is 1. The van der Waals surface area contributed by atoms with Crippen molar-refractivity contribution in [2.75, 3.05) is 17.2 Å². The molecule has 1 amide bonds. The highest BCUT2D eigenvalue weighted by molar-refractivity contribution is 7.92. The zero-order valence-electron chi connectivity index (χ0n) is 11.6. The normalized spacial score (nSPS) is 18.4. The van der Waals surface area contributed by atoms with E-state index in [4.69, 9.17) is 5.73 Å². The van der Waals surface area contributed by atoms with Gasteiger partial charge in [0, 0.05) is 11.4 Å². The highest BCUT2D eigenvalue weighted by Gasteiger charge is 2.23.